The molecule has 0 spiro atoms. The predicted molar refractivity (Wildman–Crippen MR) is 78.4 cm³/mol. The first-order valence-electron chi connectivity index (χ1n) is 7.00. The predicted octanol–water partition coefficient (Wildman–Crippen LogP) is 2.54. The summed E-state index contributed by atoms with van der Waals surface area (Å²) in [6, 6.07) is 15.4. The van der Waals surface area contributed by atoms with Crippen LogP contribution in [-0.2, 0) is 18.0 Å². The summed E-state index contributed by atoms with van der Waals surface area (Å²) < 4.78 is 16.5. The standard InChI is InChI=1S/C17H18O4/c18-9-14-8-15(19-11-16-12-20-16)6-7-17(14)21-10-13-4-2-1-3-5-13/h1-8,16,18H,9-12H2/t16-/m1/s1. The van der Waals surface area contributed by atoms with E-state index in [1.54, 1.807) is 0 Å². The van der Waals surface area contributed by atoms with Crippen molar-refractivity contribution in [2.45, 2.75) is 19.3 Å². The maximum Gasteiger partial charge on any atom is 0.125 e. The molecule has 0 radical (unpaired) electrons. The van der Waals surface area contributed by atoms with Crippen LogP contribution in [0.1, 0.15) is 11.1 Å². The lowest BCUT2D eigenvalue weighted by atomic mass is 10.2. The summed E-state index contributed by atoms with van der Waals surface area (Å²) in [6.45, 7) is 1.71. The highest BCUT2D eigenvalue weighted by Gasteiger charge is 2.23. The van der Waals surface area contributed by atoms with E-state index < -0.39 is 0 Å². The quantitative estimate of drug-likeness (QED) is 0.795. The zero-order valence-electron chi connectivity index (χ0n) is 11.7. The molecule has 0 bridgehead atoms. The van der Waals surface area contributed by atoms with E-state index in [2.05, 4.69) is 0 Å². The molecular weight excluding hydrogens is 268 g/mol. The van der Waals surface area contributed by atoms with E-state index in [9.17, 15) is 5.11 Å². The zero-order valence-corrected chi connectivity index (χ0v) is 11.7. The van der Waals surface area contributed by atoms with E-state index in [4.69, 9.17) is 14.2 Å². The number of ether oxygens (including phenoxy) is 3. The number of aliphatic hydroxyl groups excluding tert-OH is 1. The molecule has 0 unspecified atom stereocenters. The molecule has 1 atom stereocenters. The van der Waals surface area contributed by atoms with Gasteiger partial charge in [-0.25, -0.2) is 0 Å². The lowest BCUT2D eigenvalue weighted by molar-refractivity contribution is 0.250. The fourth-order valence-electron chi connectivity index (χ4n) is 2.00. The number of hydrogen-bond donors (Lipinski definition) is 1. The third-order valence-corrected chi connectivity index (χ3v) is 3.28. The molecule has 4 nitrogen and oxygen atoms in total. The van der Waals surface area contributed by atoms with E-state index in [0.29, 0.717) is 19.0 Å². The maximum atomic E-state index is 9.47. The van der Waals surface area contributed by atoms with Gasteiger partial charge in [-0.1, -0.05) is 30.3 Å². The molecule has 0 aromatic heterocycles. The molecule has 0 saturated carbocycles. The fourth-order valence-corrected chi connectivity index (χ4v) is 2.00. The van der Waals surface area contributed by atoms with Crippen LogP contribution < -0.4 is 9.47 Å². The Hall–Kier alpha value is -2.04. The van der Waals surface area contributed by atoms with Crippen molar-refractivity contribution >= 4 is 0 Å². The molecule has 4 heteroatoms. The van der Waals surface area contributed by atoms with Gasteiger partial charge < -0.3 is 19.3 Å². The molecule has 3 rings (SSSR count). The maximum absolute atomic E-state index is 9.47. The Morgan fingerprint density at radius 2 is 1.90 bits per heavy atom. The highest BCUT2D eigenvalue weighted by atomic mass is 16.6. The second-order valence-corrected chi connectivity index (χ2v) is 4.97. The van der Waals surface area contributed by atoms with Gasteiger partial charge in [-0.15, -0.1) is 0 Å². The van der Waals surface area contributed by atoms with Crippen molar-refractivity contribution < 1.29 is 19.3 Å². The average molecular weight is 286 g/mol. The number of epoxide rings is 1. The van der Waals surface area contributed by atoms with Crippen LogP contribution in [0, 0.1) is 0 Å². The van der Waals surface area contributed by atoms with E-state index in [-0.39, 0.29) is 12.7 Å². The van der Waals surface area contributed by atoms with Gasteiger partial charge in [0.15, 0.2) is 0 Å². The smallest absolute Gasteiger partial charge is 0.125 e. The van der Waals surface area contributed by atoms with Crippen LogP contribution >= 0.6 is 0 Å². The van der Waals surface area contributed by atoms with Crippen LogP contribution in [0.15, 0.2) is 48.5 Å². The topological polar surface area (TPSA) is 51.2 Å². The first kappa shape index (κ1) is 13.9. The van der Waals surface area contributed by atoms with Crippen molar-refractivity contribution in [2.24, 2.45) is 0 Å². The van der Waals surface area contributed by atoms with Gasteiger partial charge in [0.2, 0.25) is 0 Å². The number of rotatable bonds is 7. The minimum atomic E-state index is -0.0821. The molecule has 110 valence electrons. The molecule has 21 heavy (non-hydrogen) atoms. The summed E-state index contributed by atoms with van der Waals surface area (Å²) in [6.07, 6.45) is 0.219. The van der Waals surface area contributed by atoms with Gasteiger partial charge in [0, 0.05) is 5.56 Å². The summed E-state index contributed by atoms with van der Waals surface area (Å²) >= 11 is 0. The first-order valence-corrected chi connectivity index (χ1v) is 7.00. The van der Waals surface area contributed by atoms with Gasteiger partial charge in [0.25, 0.3) is 0 Å². The number of hydrogen-bond acceptors (Lipinski definition) is 4. The Kier molecular flexibility index (Phi) is 4.38. The highest BCUT2D eigenvalue weighted by molar-refractivity contribution is 5.40. The summed E-state index contributed by atoms with van der Waals surface area (Å²) in [5.74, 6) is 1.40. The Labute approximate surface area is 123 Å². The van der Waals surface area contributed by atoms with Crippen molar-refractivity contribution in [3.8, 4) is 11.5 Å². The van der Waals surface area contributed by atoms with Gasteiger partial charge >= 0.3 is 0 Å². The van der Waals surface area contributed by atoms with Gasteiger partial charge in [0.05, 0.1) is 13.2 Å². The van der Waals surface area contributed by atoms with Crippen LogP contribution in [0.3, 0.4) is 0 Å². The average Bonchev–Trinajstić information content (AvgIpc) is 3.36. The van der Waals surface area contributed by atoms with Crippen molar-refractivity contribution in [1.29, 1.82) is 0 Å². The second-order valence-electron chi connectivity index (χ2n) is 4.97. The molecule has 1 aliphatic heterocycles. The molecule has 1 heterocycles. The molecular formula is C17H18O4. The van der Waals surface area contributed by atoms with E-state index in [0.717, 1.165) is 23.5 Å². The van der Waals surface area contributed by atoms with Crippen LogP contribution in [0.5, 0.6) is 11.5 Å². The fraction of sp³-hybridized carbons (Fsp3) is 0.294. The van der Waals surface area contributed by atoms with Crippen LogP contribution in [0.2, 0.25) is 0 Å². The summed E-state index contributed by atoms with van der Waals surface area (Å²) in [5.41, 5.74) is 1.81. The molecule has 0 aliphatic carbocycles. The second kappa shape index (κ2) is 6.61. The Bertz CT molecular complexity index is 579. The summed E-state index contributed by atoms with van der Waals surface area (Å²) in [5, 5.41) is 9.47. The molecule has 2 aromatic rings. The largest absolute Gasteiger partial charge is 0.491 e. The van der Waals surface area contributed by atoms with Crippen molar-refractivity contribution in [2.75, 3.05) is 13.2 Å². The molecule has 2 aromatic carbocycles. The Morgan fingerprint density at radius 3 is 2.62 bits per heavy atom. The third kappa shape index (κ3) is 3.97. The normalized spacial score (nSPS) is 16.5. The highest BCUT2D eigenvalue weighted by Crippen LogP contribution is 2.26. The van der Waals surface area contributed by atoms with Crippen molar-refractivity contribution in [3.05, 3.63) is 59.7 Å². The molecule has 1 N–H and O–H groups in total. The van der Waals surface area contributed by atoms with Gasteiger partial charge in [-0.05, 0) is 23.8 Å². The summed E-state index contributed by atoms with van der Waals surface area (Å²) in [4.78, 5) is 0. The summed E-state index contributed by atoms with van der Waals surface area (Å²) in [7, 11) is 0. The van der Waals surface area contributed by atoms with Gasteiger partial charge in [-0.2, -0.15) is 0 Å². The van der Waals surface area contributed by atoms with Gasteiger partial charge in [0.1, 0.15) is 30.8 Å². The van der Waals surface area contributed by atoms with E-state index in [1.807, 2.05) is 48.5 Å². The molecule has 1 aliphatic rings. The molecule has 1 saturated heterocycles. The zero-order chi connectivity index (χ0) is 14.5. The molecule has 0 amide bonds. The van der Waals surface area contributed by atoms with Crippen LogP contribution in [-0.4, -0.2) is 24.4 Å². The van der Waals surface area contributed by atoms with Crippen LogP contribution in [0.4, 0.5) is 0 Å². The van der Waals surface area contributed by atoms with E-state index >= 15 is 0 Å². The van der Waals surface area contributed by atoms with Crippen molar-refractivity contribution in [3.63, 3.8) is 0 Å². The minimum Gasteiger partial charge on any atom is -0.491 e. The SMILES string of the molecule is OCc1cc(OC[C@@H]2CO2)ccc1OCc1ccccc1. The number of benzene rings is 2. The Balaban J connectivity index is 1.63. The van der Waals surface area contributed by atoms with Gasteiger partial charge in [-0.3, -0.25) is 0 Å². The Morgan fingerprint density at radius 1 is 1.10 bits per heavy atom. The number of aliphatic hydroxyl groups is 1. The van der Waals surface area contributed by atoms with Crippen LogP contribution in [0.25, 0.3) is 0 Å². The van der Waals surface area contributed by atoms with Crippen molar-refractivity contribution in [1.82, 2.24) is 0 Å². The van der Waals surface area contributed by atoms with E-state index in [1.165, 1.54) is 0 Å². The lowest BCUT2D eigenvalue weighted by Gasteiger charge is -2.12. The first-order chi connectivity index (χ1) is 10.3. The molecule has 1 fully saturated rings. The monoisotopic (exact) mass is 286 g/mol. The minimum absolute atomic E-state index is 0.0821. The third-order valence-electron chi connectivity index (χ3n) is 3.28. The lowest BCUT2D eigenvalue weighted by Crippen LogP contribution is -2.05.